The van der Waals surface area contributed by atoms with E-state index < -0.39 is 6.10 Å². The number of ether oxygens (including phenoxy) is 1. The monoisotopic (exact) mass is 434 g/mol. The fraction of sp³-hybridized carbons (Fsp3) is 0.238. The highest BCUT2D eigenvalue weighted by Gasteiger charge is 2.15. The van der Waals surface area contributed by atoms with Crippen molar-refractivity contribution in [2.75, 3.05) is 6.61 Å². The van der Waals surface area contributed by atoms with Gasteiger partial charge in [0.2, 0.25) is 0 Å². The van der Waals surface area contributed by atoms with Gasteiger partial charge in [0.25, 0.3) is 0 Å². The molecule has 0 fully saturated rings. The highest BCUT2D eigenvalue weighted by Crippen LogP contribution is 2.27. The van der Waals surface area contributed by atoms with Gasteiger partial charge in [-0.2, -0.15) is 0 Å². The first-order valence-corrected chi connectivity index (χ1v) is 9.68. The Balaban J connectivity index is 1.73. The van der Waals surface area contributed by atoms with E-state index in [0.29, 0.717) is 32.7 Å². The van der Waals surface area contributed by atoms with Crippen LogP contribution in [0.3, 0.4) is 0 Å². The molecule has 0 amide bonds. The van der Waals surface area contributed by atoms with Gasteiger partial charge in [0, 0.05) is 28.5 Å². The van der Waals surface area contributed by atoms with Crippen LogP contribution in [0.1, 0.15) is 23.0 Å². The summed E-state index contributed by atoms with van der Waals surface area (Å²) in [6.07, 6.45) is 0.731. The Labute approximate surface area is 177 Å². The van der Waals surface area contributed by atoms with E-state index in [2.05, 4.69) is 0 Å². The second kappa shape index (κ2) is 8.86. The summed E-state index contributed by atoms with van der Waals surface area (Å²) in [6, 6.07) is 11.6. The van der Waals surface area contributed by atoms with E-state index in [4.69, 9.17) is 27.9 Å². The first kappa shape index (κ1) is 21.2. The maximum atomic E-state index is 12.8. The lowest BCUT2D eigenvalue weighted by Crippen LogP contribution is -2.31. The van der Waals surface area contributed by atoms with Crippen LogP contribution < -0.4 is 10.4 Å². The first-order valence-electron chi connectivity index (χ1n) is 8.92. The Morgan fingerprint density at radius 2 is 1.86 bits per heavy atom. The zero-order valence-electron chi connectivity index (χ0n) is 15.9. The number of carbonyl (C=O) groups excluding carboxylic acids is 1. The number of nitrogens with zero attached hydrogens (tertiary/aromatic N) is 2. The molecule has 29 heavy (non-hydrogen) atoms. The number of hydrogen-bond donors (Lipinski definition) is 1. The van der Waals surface area contributed by atoms with E-state index in [1.54, 1.807) is 55.6 Å². The molecular formula is C21H20Cl2N2O4. The predicted molar refractivity (Wildman–Crippen MR) is 113 cm³/mol. The summed E-state index contributed by atoms with van der Waals surface area (Å²) < 4.78 is 8.47. The van der Waals surface area contributed by atoms with Gasteiger partial charge in [0.15, 0.2) is 5.78 Å². The van der Waals surface area contributed by atoms with Gasteiger partial charge in [-0.05, 0) is 50.2 Å². The summed E-state index contributed by atoms with van der Waals surface area (Å²) in [4.78, 5) is 24.2. The third-order valence-electron chi connectivity index (χ3n) is 4.40. The highest BCUT2D eigenvalue weighted by molar-refractivity contribution is 6.34. The number of aromatic nitrogens is 2. The maximum absolute atomic E-state index is 12.8. The normalized spacial score (nSPS) is 12.0. The number of benzene rings is 2. The zero-order chi connectivity index (χ0) is 21.1. The number of rotatable bonds is 7. The molecule has 1 aromatic heterocycles. The molecule has 3 rings (SSSR count). The van der Waals surface area contributed by atoms with Gasteiger partial charge in [-0.15, -0.1) is 0 Å². The van der Waals surface area contributed by atoms with Crippen LogP contribution in [0.25, 0.3) is 5.69 Å². The third kappa shape index (κ3) is 4.90. The fourth-order valence-corrected chi connectivity index (χ4v) is 3.30. The van der Waals surface area contributed by atoms with Gasteiger partial charge in [-0.3, -0.25) is 13.9 Å². The molecule has 0 saturated carbocycles. The molecule has 0 radical (unpaired) electrons. The molecule has 3 aromatic rings. The fourth-order valence-electron chi connectivity index (χ4n) is 2.96. The second-order valence-corrected chi connectivity index (χ2v) is 7.53. The van der Waals surface area contributed by atoms with E-state index >= 15 is 0 Å². The number of aliphatic hydroxyl groups excluding tert-OH is 1. The summed E-state index contributed by atoms with van der Waals surface area (Å²) in [7, 11) is 0. The molecule has 152 valence electrons. The van der Waals surface area contributed by atoms with Crippen molar-refractivity contribution >= 4 is 29.0 Å². The van der Waals surface area contributed by atoms with Crippen molar-refractivity contribution in [2.45, 2.75) is 26.5 Å². The van der Waals surface area contributed by atoms with Gasteiger partial charge in [0.1, 0.15) is 18.5 Å². The van der Waals surface area contributed by atoms with Crippen molar-refractivity contribution in [3.8, 4) is 11.4 Å². The summed E-state index contributed by atoms with van der Waals surface area (Å²) >= 11 is 12.0. The lowest BCUT2D eigenvalue weighted by Gasteiger charge is -2.13. The van der Waals surface area contributed by atoms with Crippen LogP contribution in [0.4, 0.5) is 0 Å². The molecule has 0 spiro atoms. The summed E-state index contributed by atoms with van der Waals surface area (Å²) in [6.45, 7) is 3.29. The minimum Gasteiger partial charge on any atom is -0.489 e. The molecule has 0 aliphatic heterocycles. The van der Waals surface area contributed by atoms with Gasteiger partial charge in [-0.25, -0.2) is 4.79 Å². The van der Waals surface area contributed by atoms with Crippen LogP contribution in [0.2, 0.25) is 10.0 Å². The van der Waals surface area contributed by atoms with E-state index in [1.165, 1.54) is 16.1 Å². The number of hydrogen-bond acceptors (Lipinski definition) is 4. The molecule has 1 atom stereocenters. The Kier molecular flexibility index (Phi) is 6.47. The van der Waals surface area contributed by atoms with Crippen LogP contribution in [0, 0.1) is 6.92 Å². The second-order valence-electron chi connectivity index (χ2n) is 6.68. The first-order chi connectivity index (χ1) is 13.8. The molecular weight excluding hydrogens is 415 g/mol. The molecule has 0 aliphatic rings. The SMILES string of the molecule is CC(=O)c1ccc(-n2c(C)cn(CC(O)COc3cc(Cl)ccc3Cl)c2=O)cc1. The van der Waals surface area contributed by atoms with E-state index in [9.17, 15) is 14.7 Å². The molecule has 0 aliphatic carbocycles. The number of aryl methyl sites for hydroxylation is 1. The number of ketones is 1. The smallest absolute Gasteiger partial charge is 0.333 e. The Morgan fingerprint density at radius 3 is 2.52 bits per heavy atom. The maximum Gasteiger partial charge on any atom is 0.333 e. The molecule has 0 saturated heterocycles. The number of carbonyl (C=O) groups is 1. The van der Waals surface area contributed by atoms with Crippen molar-refractivity contribution in [3.63, 3.8) is 0 Å². The minimum atomic E-state index is -0.932. The van der Waals surface area contributed by atoms with E-state index in [0.717, 1.165) is 0 Å². The predicted octanol–water partition coefficient (Wildman–Crippen LogP) is 3.90. The Hall–Kier alpha value is -2.54. The van der Waals surface area contributed by atoms with Crippen molar-refractivity contribution < 1.29 is 14.6 Å². The van der Waals surface area contributed by atoms with Crippen LogP contribution in [0.5, 0.6) is 5.75 Å². The Morgan fingerprint density at radius 1 is 1.17 bits per heavy atom. The van der Waals surface area contributed by atoms with Crippen LogP contribution in [-0.2, 0) is 6.54 Å². The summed E-state index contributed by atoms with van der Waals surface area (Å²) in [5, 5.41) is 11.2. The van der Waals surface area contributed by atoms with E-state index in [-0.39, 0.29) is 24.6 Å². The van der Waals surface area contributed by atoms with E-state index in [1.807, 2.05) is 0 Å². The summed E-state index contributed by atoms with van der Waals surface area (Å²) in [5.41, 5.74) is 1.63. The van der Waals surface area contributed by atoms with Crippen LogP contribution in [0.15, 0.2) is 53.5 Å². The average molecular weight is 435 g/mol. The molecule has 1 N–H and O–H groups in total. The van der Waals surface area contributed by atoms with Crippen molar-refractivity contribution in [1.29, 1.82) is 0 Å². The molecule has 1 heterocycles. The molecule has 8 heteroatoms. The largest absolute Gasteiger partial charge is 0.489 e. The average Bonchev–Trinajstić information content (AvgIpc) is 2.95. The quantitative estimate of drug-likeness (QED) is 0.572. The highest BCUT2D eigenvalue weighted by atomic mass is 35.5. The van der Waals surface area contributed by atoms with Crippen LogP contribution in [-0.4, -0.2) is 32.7 Å². The third-order valence-corrected chi connectivity index (χ3v) is 4.94. The van der Waals surface area contributed by atoms with Crippen molar-refractivity contribution in [2.24, 2.45) is 0 Å². The minimum absolute atomic E-state index is 0.0406. The standard InChI is InChI=1S/C21H20Cl2N2O4/c1-13-10-24(11-18(27)12-29-20-9-16(22)5-8-19(20)23)21(28)25(13)17-6-3-15(4-7-17)14(2)26/h3-10,18,27H,11-12H2,1-2H3. The van der Waals surface area contributed by atoms with Crippen molar-refractivity contribution in [1.82, 2.24) is 9.13 Å². The summed E-state index contributed by atoms with van der Waals surface area (Å²) in [5.74, 6) is 0.325. The number of aliphatic hydroxyl groups is 1. The lowest BCUT2D eigenvalue weighted by molar-refractivity contribution is 0.0916. The Bertz CT molecular complexity index is 1090. The van der Waals surface area contributed by atoms with Gasteiger partial charge >= 0.3 is 5.69 Å². The molecule has 6 nitrogen and oxygen atoms in total. The van der Waals surface area contributed by atoms with Gasteiger partial charge in [-0.1, -0.05) is 23.2 Å². The van der Waals surface area contributed by atoms with Gasteiger partial charge in [0.05, 0.1) is 17.3 Å². The number of halogens is 2. The van der Waals surface area contributed by atoms with Crippen LogP contribution >= 0.6 is 23.2 Å². The number of imidazole rings is 1. The topological polar surface area (TPSA) is 73.5 Å². The lowest BCUT2D eigenvalue weighted by atomic mass is 10.1. The zero-order valence-corrected chi connectivity index (χ0v) is 17.4. The van der Waals surface area contributed by atoms with Gasteiger partial charge < -0.3 is 9.84 Å². The molecule has 2 aromatic carbocycles. The number of Topliss-reactive ketones (excluding diaryl/α,β-unsaturated/α-hetero) is 1. The molecule has 1 unspecified atom stereocenters. The molecule has 0 bridgehead atoms. The van der Waals surface area contributed by atoms with Crippen molar-refractivity contribution in [3.05, 3.63) is 80.4 Å².